The van der Waals surface area contributed by atoms with Crippen molar-refractivity contribution in [3.8, 4) is 0 Å². The van der Waals surface area contributed by atoms with E-state index in [1.807, 2.05) is 48.2 Å². The molecule has 0 saturated carbocycles. The third-order valence-electron chi connectivity index (χ3n) is 6.10. The molecule has 3 heterocycles. The summed E-state index contributed by atoms with van der Waals surface area (Å²) in [6.45, 7) is 5.03. The average molecular weight is 479 g/mol. The minimum atomic E-state index is -0.151. The summed E-state index contributed by atoms with van der Waals surface area (Å²) in [5, 5.41) is 1.12. The minimum absolute atomic E-state index is 0.0275. The summed E-state index contributed by atoms with van der Waals surface area (Å²) >= 11 is 7.57. The molecule has 5 rings (SSSR count). The van der Waals surface area contributed by atoms with Crippen molar-refractivity contribution >= 4 is 44.7 Å². The zero-order valence-electron chi connectivity index (χ0n) is 18.2. The average Bonchev–Trinajstić information content (AvgIpc) is 3.19. The number of carbonyl (C=O) groups is 1. The molecule has 168 valence electrons. The van der Waals surface area contributed by atoms with Crippen molar-refractivity contribution < 1.29 is 4.79 Å². The highest BCUT2D eigenvalue weighted by Gasteiger charge is 2.27. The van der Waals surface area contributed by atoms with Crippen LogP contribution in [0.1, 0.15) is 20.8 Å². The lowest BCUT2D eigenvalue weighted by atomic mass is 10.1. The third-order valence-corrected chi connectivity index (χ3v) is 7.65. The van der Waals surface area contributed by atoms with E-state index in [0.717, 1.165) is 18.7 Å². The number of thiophene rings is 1. The highest BCUT2D eigenvalue weighted by atomic mass is 35.5. The molecule has 0 bridgehead atoms. The van der Waals surface area contributed by atoms with E-state index < -0.39 is 0 Å². The predicted octanol–water partition coefficient (Wildman–Crippen LogP) is 4.43. The van der Waals surface area contributed by atoms with Crippen molar-refractivity contribution in [2.24, 2.45) is 0 Å². The second kappa shape index (κ2) is 9.00. The van der Waals surface area contributed by atoms with Gasteiger partial charge in [-0.05, 0) is 36.2 Å². The van der Waals surface area contributed by atoms with E-state index in [1.54, 1.807) is 10.6 Å². The van der Waals surface area contributed by atoms with Gasteiger partial charge >= 0.3 is 0 Å². The Kier molecular flexibility index (Phi) is 5.91. The number of carbonyl (C=O) groups excluding carboxylic acids is 1. The van der Waals surface area contributed by atoms with Crippen LogP contribution in [0.3, 0.4) is 0 Å². The normalized spacial score (nSPS) is 14.1. The number of para-hydroxylation sites is 1. The number of nitrogens with zero attached hydrogens (tertiary/aromatic N) is 4. The van der Waals surface area contributed by atoms with Gasteiger partial charge in [-0.3, -0.25) is 14.2 Å². The summed E-state index contributed by atoms with van der Waals surface area (Å²) < 4.78 is 1.55. The van der Waals surface area contributed by atoms with Crippen LogP contribution in [-0.4, -0.2) is 46.5 Å². The molecule has 0 N–H and O–H groups in total. The molecule has 1 aliphatic rings. The van der Waals surface area contributed by atoms with Crippen molar-refractivity contribution in [3.05, 3.63) is 92.3 Å². The standard InChI is InChI=1S/C25H23ClN4O2S/c1-17-21-23(27-16-30(24(21)31)15-18-7-5-6-10-20(18)26)33-22(17)25(32)29-13-11-28(12-14-29)19-8-3-2-4-9-19/h2-10,16H,11-15H2,1H3. The zero-order valence-corrected chi connectivity index (χ0v) is 19.8. The van der Waals surface area contributed by atoms with Gasteiger partial charge in [0.15, 0.2) is 0 Å². The Hall–Kier alpha value is -3.16. The Morgan fingerprint density at radius 1 is 1.03 bits per heavy atom. The first kappa shape index (κ1) is 21.7. The highest BCUT2D eigenvalue weighted by Crippen LogP contribution is 2.29. The monoisotopic (exact) mass is 478 g/mol. The summed E-state index contributed by atoms with van der Waals surface area (Å²) in [6.07, 6.45) is 1.54. The number of anilines is 1. The fourth-order valence-corrected chi connectivity index (χ4v) is 5.54. The van der Waals surface area contributed by atoms with Gasteiger partial charge in [-0.25, -0.2) is 4.98 Å². The second-order valence-corrected chi connectivity index (χ2v) is 9.53. The second-order valence-electron chi connectivity index (χ2n) is 8.12. The van der Waals surface area contributed by atoms with Crippen LogP contribution in [-0.2, 0) is 6.54 Å². The number of aryl methyl sites for hydroxylation is 1. The molecular formula is C25H23ClN4O2S. The Morgan fingerprint density at radius 2 is 1.73 bits per heavy atom. The van der Waals surface area contributed by atoms with Crippen molar-refractivity contribution in [3.63, 3.8) is 0 Å². The molecule has 0 spiro atoms. The van der Waals surface area contributed by atoms with E-state index >= 15 is 0 Å². The van der Waals surface area contributed by atoms with Crippen molar-refractivity contribution in [2.75, 3.05) is 31.1 Å². The SMILES string of the molecule is Cc1c(C(=O)N2CCN(c3ccccc3)CC2)sc2ncn(Cc3ccccc3Cl)c(=O)c12. The maximum atomic E-state index is 13.3. The van der Waals surface area contributed by atoms with Gasteiger partial charge in [-0.15, -0.1) is 11.3 Å². The van der Waals surface area contributed by atoms with Gasteiger partial charge in [0.1, 0.15) is 4.83 Å². The van der Waals surface area contributed by atoms with Crippen LogP contribution in [0.15, 0.2) is 65.7 Å². The highest BCUT2D eigenvalue weighted by molar-refractivity contribution is 7.20. The van der Waals surface area contributed by atoms with E-state index in [1.165, 1.54) is 23.4 Å². The van der Waals surface area contributed by atoms with Crippen molar-refractivity contribution in [1.29, 1.82) is 0 Å². The summed E-state index contributed by atoms with van der Waals surface area (Å²) in [4.78, 5) is 36.4. The molecule has 33 heavy (non-hydrogen) atoms. The first-order chi connectivity index (χ1) is 16.0. The Morgan fingerprint density at radius 3 is 2.45 bits per heavy atom. The van der Waals surface area contributed by atoms with Gasteiger partial charge in [0.2, 0.25) is 0 Å². The summed E-state index contributed by atoms with van der Waals surface area (Å²) in [5.74, 6) is -0.0275. The first-order valence-corrected chi connectivity index (χ1v) is 12.0. The van der Waals surface area contributed by atoms with Crippen LogP contribution in [0, 0.1) is 6.92 Å². The van der Waals surface area contributed by atoms with Gasteiger partial charge in [-0.1, -0.05) is 48.0 Å². The first-order valence-electron chi connectivity index (χ1n) is 10.8. The van der Waals surface area contributed by atoms with Gasteiger partial charge in [0.05, 0.1) is 23.1 Å². The molecule has 2 aromatic carbocycles. The number of halogens is 1. The summed E-state index contributed by atoms with van der Waals surface area (Å²) in [5.41, 5.74) is 2.58. The topological polar surface area (TPSA) is 58.4 Å². The largest absolute Gasteiger partial charge is 0.368 e. The van der Waals surface area contributed by atoms with Crippen LogP contribution in [0.4, 0.5) is 5.69 Å². The summed E-state index contributed by atoms with van der Waals surface area (Å²) in [7, 11) is 0. The molecule has 6 nitrogen and oxygen atoms in total. The molecule has 1 fully saturated rings. The number of hydrogen-bond donors (Lipinski definition) is 0. The van der Waals surface area contributed by atoms with Gasteiger partial charge in [0.25, 0.3) is 11.5 Å². The van der Waals surface area contributed by atoms with Gasteiger partial charge in [-0.2, -0.15) is 0 Å². The molecule has 0 aliphatic carbocycles. The summed E-state index contributed by atoms with van der Waals surface area (Å²) in [6, 6.07) is 17.7. The molecule has 1 aliphatic heterocycles. The Bertz CT molecular complexity index is 1370. The van der Waals surface area contributed by atoms with Crippen LogP contribution < -0.4 is 10.5 Å². The number of hydrogen-bond acceptors (Lipinski definition) is 5. The fraction of sp³-hybridized carbons (Fsp3) is 0.240. The number of benzene rings is 2. The number of piperazine rings is 1. The lowest BCUT2D eigenvalue weighted by molar-refractivity contribution is 0.0751. The van der Waals surface area contributed by atoms with E-state index in [0.29, 0.717) is 45.3 Å². The number of rotatable bonds is 4. The maximum Gasteiger partial charge on any atom is 0.264 e. The van der Waals surface area contributed by atoms with Crippen molar-refractivity contribution in [1.82, 2.24) is 14.5 Å². The lowest BCUT2D eigenvalue weighted by Gasteiger charge is -2.36. The molecule has 1 saturated heterocycles. The zero-order chi connectivity index (χ0) is 22.9. The molecule has 4 aromatic rings. The molecule has 1 amide bonds. The number of amides is 1. The van der Waals surface area contributed by atoms with Crippen LogP contribution >= 0.6 is 22.9 Å². The maximum absolute atomic E-state index is 13.3. The Balaban J connectivity index is 1.38. The van der Waals surface area contributed by atoms with Crippen LogP contribution in [0.2, 0.25) is 5.02 Å². The van der Waals surface area contributed by atoms with E-state index in [2.05, 4.69) is 22.0 Å². The molecule has 2 aromatic heterocycles. The van der Waals surface area contributed by atoms with Gasteiger partial charge < -0.3 is 9.80 Å². The Labute approximate surface area is 200 Å². The quantitative estimate of drug-likeness (QED) is 0.435. The minimum Gasteiger partial charge on any atom is -0.368 e. The molecule has 8 heteroatoms. The van der Waals surface area contributed by atoms with Gasteiger partial charge in [0, 0.05) is 36.9 Å². The third kappa shape index (κ3) is 4.14. The molecule has 0 atom stereocenters. The number of fused-ring (bicyclic) bond motifs is 1. The lowest BCUT2D eigenvalue weighted by Crippen LogP contribution is -2.48. The predicted molar refractivity (Wildman–Crippen MR) is 134 cm³/mol. The van der Waals surface area contributed by atoms with Crippen LogP contribution in [0.25, 0.3) is 10.2 Å². The smallest absolute Gasteiger partial charge is 0.264 e. The van der Waals surface area contributed by atoms with Crippen molar-refractivity contribution in [2.45, 2.75) is 13.5 Å². The van der Waals surface area contributed by atoms with E-state index in [-0.39, 0.29) is 11.5 Å². The molecule has 0 unspecified atom stereocenters. The molecular weight excluding hydrogens is 456 g/mol. The van der Waals surface area contributed by atoms with E-state index in [9.17, 15) is 9.59 Å². The van der Waals surface area contributed by atoms with Crippen LogP contribution in [0.5, 0.6) is 0 Å². The number of aromatic nitrogens is 2. The fourth-order valence-electron chi connectivity index (χ4n) is 4.24. The molecule has 0 radical (unpaired) electrons. The van der Waals surface area contributed by atoms with E-state index in [4.69, 9.17) is 11.6 Å².